The van der Waals surface area contributed by atoms with E-state index in [-0.39, 0.29) is 11.8 Å². The van der Waals surface area contributed by atoms with Gasteiger partial charge in [-0.2, -0.15) is 4.98 Å². The first-order valence-electron chi connectivity index (χ1n) is 7.97. The second-order valence-corrected chi connectivity index (χ2v) is 5.84. The van der Waals surface area contributed by atoms with Crippen molar-refractivity contribution < 1.29 is 14.1 Å². The lowest BCUT2D eigenvalue weighted by Crippen LogP contribution is -2.17. The Bertz CT molecular complexity index is 870. The van der Waals surface area contributed by atoms with E-state index in [1.54, 1.807) is 7.11 Å². The van der Waals surface area contributed by atoms with E-state index in [1.807, 2.05) is 62.4 Å². The third-order valence-corrected chi connectivity index (χ3v) is 3.70. The summed E-state index contributed by atoms with van der Waals surface area (Å²) in [6.45, 7) is 3.70. The Balaban J connectivity index is 1.82. The third kappa shape index (κ3) is 3.68. The molecule has 128 valence electrons. The number of nitrogens with one attached hydrogen (secondary N) is 1. The normalized spacial score (nSPS) is 10.7. The molecule has 1 aromatic heterocycles. The number of para-hydroxylation sites is 1. The zero-order chi connectivity index (χ0) is 17.8. The molecule has 1 heterocycles. The molecule has 6 heteroatoms. The Morgan fingerprint density at radius 3 is 2.52 bits per heavy atom. The highest BCUT2D eigenvalue weighted by atomic mass is 16.5. The second kappa shape index (κ2) is 7.17. The number of hydrogen-bond acceptors (Lipinski definition) is 5. The van der Waals surface area contributed by atoms with Gasteiger partial charge in [0, 0.05) is 17.2 Å². The quantitative estimate of drug-likeness (QED) is 0.761. The first kappa shape index (κ1) is 16.7. The van der Waals surface area contributed by atoms with Crippen molar-refractivity contribution in [2.45, 2.75) is 13.8 Å². The van der Waals surface area contributed by atoms with Crippen LogP contribution in [0.15, 0.2) is 53.1 Å². The average molecular weight is 337 g/mol. The van der Waals surface area contributed by atoms with Crippen LogP contribution in [0, 0.1) is 5.92 Å². The lowest BCUT2D eigenvalue weighted by molar-refractivity contribution is -0.118. The highest BCUT2D eigenvalue weighted by Crippen LogP contribution is 2.29. The van der Waals surface area contributed by atoms with E-state index in [4.69, 9.17) is 9.26 Å². The van der Waals surface area contributed by atoms with Gasteiger partial charge in [0.15, 0.2) is 0 Å². The topological polar surface area (TPSA) is 77.3 Å². The zero-order valence-corrected chi connectivity index (χ0v) is 14.3. The molecule has 0 aliphatic heterocycles. The van der Waals surface area contributed by atoms with Gasteiger partial charge in [-0.05, 0) is 36.4 Å². The number of hydrogen-bond donors (Lipinski definition) is 1. The van der Waals surface area contributed by atoms with Crippen LogP contribution in [0.25, 0.3) is 22.8 Å². The lowest BCUT2D eigenvalue weighted by atomic mass is 10.1. The number of methoxy groups -OCH3 is 1. The number of benzene rings is 2. The number of amides is 1. The maximum atomic E-state index is 11.7. The lowest BCUT2D eigenvalue weighted by Gasteiger charge is -2.07. The molecular weight excluding hydrogens is 318 g/mol. The molecule has 1 amide bonds. The zero-order valence-electron chi connectivity index (χ0n) is 14.3. The maximum absolute atomic E-state index is 11.7. The largest absolute Gasteiger partial charge is 0.496 e. The van der Waals surface area contributed by atoms with Gasteiger partial charge in [0.25, 0.3) is 5.89 Å². The molecule has 0 aliphatic carbocycles. The first-order valence-corrected chi connectivity index (χ1v) is 7.97. The molecule has 3 rings (SSSR count). The van der Waals surface area contributed by atoms with Gasteiger partial charge in [-0.15, -0.1) is 0 Å². The van der Waals surface area contributed by atoms with Crippen molar-refractivity contribution in [1.82, 2.24) is 10.1 Å². The fourth-order valence-corrected chi connectivity index (χ4v) is 2.26. The van der Waals surface area contributed by atoms with E-state index in [2.05, 4.69) is 15.5 Å². The molecule has 0 radical (unpaired) electrons. The average Bonchev–Trinajstić information content (AvgIpc) is 3.12. The van der Waals surface area contributed by atoms with Crippen LogP contribution >= 0.6 is 0 Å². The summed E-state index contributed by atoms with van der Waals surface area (Å²) in [6, 6.07) is 14.8. The van der Waals surface area contributed by atoms with E-state index < -0.39 is 0 Å². The van der Waals surface area contributed by atoms with Crippen molar-refractivity contribution in [3.05, 3.63) is 48.5 Å². The van der Waals surface area contributed by atoms with Gasteiger partial charge in [0.1, 0.15) is 5.75 Å². The van der Waals surface area contributed by atoms with E-state index in [0.717, 1.165) is 16.8 Å². The number of nitrogens with zero attached hydrogens (tertiary/aromatic N) is 2. The molecule has 3 aromatic rings. The molecule has 0 saturated heterocycles. The highest BCUT2D eigenvalue weighted by molar-refractivity contribution is 5.92. The highest BCUT2D eigenvalue weighted by Gasteiger charge is 2.14. The van der Waals surface area contributed by atoms with Gasteiger partial charge in [-0.3, -0.25) is 4.79 Å². The van der Waals surface area contributed by atoms with Crippen LogP contribution < -0.4 is 10.1 Å². The molecule has 0 fully saturated rings. The van der Waals surface area contributed by atoms with E-state index >= 15 is 0 Å². The Labute approximate surface area is 145 Å². The fraction of sp³-hybridized carbons (Fsp3) is 0.211. The molecule has 0 atom stereocenters. The fourth-order valence-electron chi connectivity index (χ4n) is 2.26. The van der Waals surface area contributed by atoms with Crippen molar-refractivity contribution in [1.29, 1.82) is 0 Å². The Hall–Kier alpha value is -3.15. The Morgan fingerprint density at radius 1 is 1.12 bits per heavy atom. The summed E-state index contributed by atoms with van der Waals surface area (Å²) >= 11 is 0. The number of anilines is 1. The molecule has 25 heavy (non-hydrogen) atoms. The molecule has 0 bridgehead atoms. The van der Waals surface area contributed by atoms with Gasteiger partial charge in [-0.25, -0.2) is 0 Å². The first-order chi connectivity index (χ1) is 12.1. The van der Waals surface area contributed by atoms with Crippen molar-refractivity contribution in [2.24, 2.45) is 5.92 Å². The summed E-state index contributed by atoms with van der Waals surface area (Å²) in [7, 11) is 1.60. The SMILES string of the molecule is COc1ccccc1-c1noc(-c2ccc(NC(=O)C(C)C)cc2)n1. The van der Waals surface area contributed by atoms with Gasteiger partial charge in [0.05, 0.1) is 12.7 Å². The van der Waals surface area contributed by atoms with E-state index in [1.165, 1.54) is 0 Å². The van der Waals surface area contributed by atoms with Gasteiger partial charge >= 0.3 is 0 Å². The minimum atomic E-state index is -0.0703. The van der Waals surface area contributed by atoms with E-state index in [0.29, 0.717) is 17.5 Å². The molecule has 0 spiro atoms. The number of carbonyl (C=O) groups is 1. The van der Waals surface area contributed by atoms with Crippen LogP contribution in [-0.4, -0.2) is 23.2 Å². The Kier molecular flexibility index (Phi) is 4.79. The minimum Gasteiger partial charge on any atom is -0.496 e. The molecule has 6 nitrogen and oxygen atoms in total. The number of carbonyl (C=O) groups excluding carboxylic acids is 1. The van der Waals surface area contributed by atoms with Gasteiger partial charge in [0.2, 0.25) is 11.7 Å². The monoisotopic (exact) mass is 337 g/mol. The predicted octanol–water partition coefficient (Wildman–Crippen LogP) is 4.01. The summed E-state index contributed by atoms with van der Waals surface area (Å²) in [6.07, 6.45) is 0. The van der Waals surface area contributed by atoms with Crippen molar-refractivity contribution in [2.75, 3.05) is 12.4 Å². The van der Waals surface area contributed by atoms with Crippen molar-refractivity contribution in [3.8, 4) is 28.6 Å². The van der Waals surface area contributed by atoms with Crippen LogP contribution in [0.3, 0.4) is 0 Å². The third-order valence-electron chi connectivity index (χ3n) is 3.70. The second-order valence-electron chi connectivity index (χ2n) is 5.84. The maximum Gasteiger partial charge on any atom is 0.258 e. The molecule has 0 saturated carbocycles. The predicted molar refractivity (Wildman–Crippen MR) is 95.2 cm³/mol. The van der Waals surface area contributed by atoms with Gasteiger partial charge in [-0.1, -0.05) is 31.1 Å². The number of aromatic nitrogens is 2. The smallest absolute Gasteiger partial charge is 0.258 e. The van der Waals surface area contributed by atoms with Crippen LogP contribution in [-0.2, 0) is 4.79 Å². The minimum absolute atomic E-state index is 0.0241. The summed E-state index contributed by atoms with van der Waals surface area (Å²) in [5, 5.41) is 6.87. The summed E-state index contributed by atoms with van der Waals surface area (Å²) in [5.41, 5.74) is 2.27. The van der Waals surface area contributed by atoms with Crippen LogP contribution in [0.1, 0.15) is 13.8 Å². The van der Waals surface area contributed by atoms with Crippen molar-refractivity contribution in [3.63, 3.8) is 0 Å². The molecule has 2 aromatic carbocycles. The summed E-state index contributed by atoms with van der Waals surface area (Å²) in [5.74, 6) is 1.46. The molecular formula is C19H19N3O3. The van der Waals surface area contributed by atoms with Crippen LogP contribution in [0.5, 0.6) is 5.75 Å². The van der Waals surface area contributed by atoms with Crippen LogP contribution in [0.2, 0.25) is 0 Å². The Morgan fingerprint density at radius 2 is 1.84 bits per heavy atom. The molecule has 0 unspecified atom stereocenters. The van der Waals surface area contributed by atoms with Crippen molar-refractivity contribution >= 4 is 11.6 Å². The number of rotatable bonds is 5. The summed E-state index contributed by atoms with van der Waals surface area (Å²) < 4.78 is 10.7. The standard InChI is InChI=1S/C19H19N3O3/c1-12(2)18(23)20-14-10-8-13(9-11-14)19-21-17(22-25-19)15-6-4-5-7-16(15)24-3/h4-12H,1-3H3,(H,20,23). The van der Waals surface area contributed by atoms with Gasteiger partial charge < -0.3 is 14.6 Å². The summed E-state index contributed by atoms with van der Waals surface area (Å²) in [4.78, 5) is 16.2. The molecule has 1 N–H and O–H groups in total. The number of ether oxygens (including phenoxy) is 1. The van der Waals surface area contributed by atoms with E-state index in [9.17, 15) is 4.79 Å². The van der Waals surface area contributed by atoms with Crippen LogP contribution in [0.4, 0.5) is 5.69 Å². The molecule has 0 aliphatic rings.